The normalized spacial score (nSPS) is 46.9. The molecule has 2 saturated heterocycles. The van der Waals surface area contributed by atoms with E-state index in [0.717, 1.165) is 0 Å². The largest absolute Gasteiger partial charge is 0.459 e. The van der Waals surface area contributed by atoms with Gasteiger partial charge in [-0.25, -0.2) is 0 Å². The fraction of sp³-hybridized carbons (Fsp3) is 0.933. The average molecular weight is 605 g/mol. The van der Waals surface area contributed by atoms with Crippen molar-refractivity contribution in [3.05, 3.63) is 0 Å². The predicted octanol–water partition coefficient (Wildman–Crippen LogP) is 0.814. The van der Waals surface area contributed by atoms with Gasteiger partial charge >= 0.3 is 5.97 Å². The number of aliphatic hydroxyl groups excluding tert-OH is 3. The number of cyclic esters (lactones) is 1. The highest BCUT2D eigenvalue weighted by atomic mass is 16.7. The van der Waals surface area contributed by atoms with Crippen molar-refractivity contribution in [2.24, 2.45) is 17.8 Å². The monoisotopic (exact) mass is 604 g/mol. The molecule has 246 valence electrons. The van der Waals surface area contributed by atoms with E-state index in [1.54, 1.807) is 34.6 Å². The summed E-state index contributed by atoms with van der Waals surface area (Å²) in [6.07, 6.45) is -6.31. The van der Waals surface area contributed by atoms with Gasteiger partial charge in [0.2, 0.25) is 5.91 Å². The lowest BCUT2D eigenvalue weighted by molar-refractivity contribution is -0.298. The zero-order chi connectivity index (χ0) is 32.3. The number of ether oxygens (including phenoxy) is 4. The number of esters is 1. The van der Waals surface area contributed by atoms with Crippen molar-refractivity contribution in [3.63, 3.8) is 0 Å². The number of likely N-dealkylation sites (N-methyl/N-ethyl adjacent to an activating group) is 1. The van der Waals surface area contributed by atoms with Crippen LogP contribution in [0.25, 0.3) is 0 Å². The Balaban J connectivity index is 2.55. The van der Waals surface area contributed by atoms with Crippen LogP contribution in [0.1, 0.15) is 74.7 Å². The van der Waals surface area contributed by atoms with Crippen LogP contribution in [0, 0.1) is 17.8 Å². The summed E-state index contributed by atoms with van der Waals surface area (Å²) >= 11 is 0. The molecule has 2 fully saturated rings. The molecule has 14 atom stereocenters. The molecule has 0 saturated carbocycles. The van der Waals surface area contributed by atoms with Crippen LogP contribution in [-0.2, 0) is 28.5 Å². The first-order valence-corrected chi connectivity index (χ1v) is 15.1. The summed E-state index contributed by atoms with van der Waals surface area (Å²) in [4.78, 5) is 28.5. The summed E-state index contributed by atoms with van der Waals surface area (Å²) in [5, 5.41) is 48.6. The van der Waals surface area contributed by atoms with Crippen molar-refractivity contribution >= 4 is 11.9 Å². The van der Waals surface area contributed by atoms with Gasteiger partial charge < -0.3 is 49.6 Å². The smallest absolute Gasteiger partial charge is 0.311 e. The lowest BCUT2D eigenvalue weighted by atomic mass is 9.79. The second-order valence-electron chi connectivity index (χ2n) is 13.2. The first kappa shape index (κ1) is 36.8. The number of amides is 1. The molecule has 2 aliphatic heterocycles. The van der Waals surface area contributed by atoms with Gasteiger partial charge in [-0.1, -0.05) is 20.8 Å². The van der Waals surface area contributed by atoms with Gasteiger partial charge in [-0.2, -0.15) is 0 Å². The molecule has 0 radical (unpaired) electrons. The number of carbonyl (C=O) groups is 2. The number of carbonyl (C=O) groups excluding carboxylic acids is 2. The molecule has 0 spiro atoms. The Morgan fingerprint density at radius 3 is 2.14 bits per heavy atom. The first-order valence-electron chi connectivity index (χ1n) is 15.1. The molecule has 2 aliphatic rings. The molecule has 0 aliphatic carbocycles. The van der Waals surface area contributed by atoms with E-state index in [-0.39, 0.29) is 25.0 Å². The first-order chi connectivity index (χ1) is 19.3. The van der Waals surface area contributed by atoms with E-state index < -0.39 is 83.7 Å². The predicted molar refractivity (Wildman–Crippen MR) is 155 cm³/mol. The van der Waals surface area contributed by atoms with Crippen molar-refractivity contribution in [2.45, 2.75) is 141 Å². The van der Waals surface area contributed by atoms with E-state index in [0.29, 0.717) is 6.42 Å². The lowest BCUT2D eigenvalue weighted by Gasteiger charge is -2.46. The summed E-state index contributed by atoms with van der Waals surface area (Å²) in [5.74, 6) is -4.06. The van der Waals surface area contributed by atoms with E-state index in [1.807, 2.05) is 25.9 Å². The molecule has 5 N–H and O–H groups in total. The second-order valence-corrected chi connectivity index (χ2v) is 13.2. The molecule has 1 amide bonds. The Morgan fingerprint density at radius 1 is 1.02 bits per heavy atom. The van der Waals surface area contributed by atoms with Crippen LogP contribution in [-0.4, -0.2) is 125 Å². The maximum Gasteiger partial charge on any atom is 0.311 e. The molecule has 0 bridgehead atoms. The Bertz CT molecular complexity index is 903. The van der Waals surface area contributed by atoms with Crippen LogP contribution in [0.5, 0.6) is 0 Å². The van der Waals surface area contributed by atoms with Crippen LogP contribution in [0.15, 0.2) is 0 Å². The number of rotatable bonds is 5. The second kappa shape index (κ2) is 14.6. The minimum absolute atomic E-state index is 0.00326. The SMILES string of the molecule is CC[C@H]1OC(=O)[C@H](C)[C@@H](O)[C@H](C)[C@@H](O[C@@H]2O[C@H](C)C[C@H](N(C)C)[C@H]2O)[C@](C)(O)C[C@@H](C)NC(=O)[C@H](C)[C@@H](O)[C@]1(C)OC. The maximum atomic E-state index is 13.4. The zero-order valence-corrected chi connectivity index (χ0v) is 27.2. The fourth-order valence-corrected chi connectivity index (χ4v) is 6.51. The minimum atomic E-state index is -1.66. The molecular weight excluding hydrogens is 548 g/mol. The number of nitrogens with one attached hydrogen (secondary N) is 1. The van der Waals surface area contributed by atoms with Crippen molar-refractivity contribution in [1.29, 1.82) is 0 Å². The summed E-state index contributed by atoms with van der Waals surface area (Å²) in [6.45, 7) is 13.2. The number of methoxy groups -OCH3 is 1. The van der Waals surface area contributed by atoms with E-state index in [4.69, 9.17) is 18.9 Å². The summed E-state index contributed by atoms with van der Waals surface area (Å²) in [5.41, 5.74) is -3.09. The topological polar surface area (TPSA) is 167 Å². The van der Waals surface area contributed by atoms with E-state index >= 15 is 0 Å². The van der Waals surface area contributed by atoms with Gasteiger partial charge in [-0.3, -0.25) is 9.59 Å². The molecule has 2 heterocycles. The molecule has 0 aromatic carbocycles. The van der Waals surface area contributed by atoms with Crippen molar-refractivity contribution < 1.29 is 49.0 Å². The van der Waals surface area contributed by atoms with Gasteiger partial charge in [0.15, 0.2) is 6.29 Å². The van der Waals surface area contributed by atoms with Gasteiger partial charge in [-0.15, -0.1) is 0 Å². The fourth-order valence-electron chi connectivity index (χ4n) is 6.51. The van der Waals surface area contributed by atoms with Crippen LogP contribution >= 0.6 is 0 Å². The lowest BCUT2D eigenvalue weighted by Crippen LogP contribution is -2.59. The highest BCUT2D eigenvalue weighted by molar-refractivity contribution is 5.79. The Morgan fingerprint density at radius 2 is 1.62 bits per heavy atom. The van der Waals surface area contributed by atoms with Gasteiger partial charge in [0.05, 0.1) is 41.9 Å². The highest BCUT2D eigenvalue weighted by Gasteiger charge is 2.50. The number of nitrogens with zero attached hydrogens (tertiary/aromatic N) is 1. The van der Waals surface area contributed by atoms with Crippen molar-refractivity contribution in [1.82, 2.24) is 10.2 Å². The zero-order valence-electron chi connectivity index (χ0n) is 27.2. The van der Waals surface area contributed by atoms with Crippen molar-refractivity contribution in [3.8, 4) is 0 Å². The third-order valence-corrected chi connectivity index (χ3v) is 9.36. The summed E-state index contributed by atoms with van der Waals surface area (Å²) in [6, 6.07) is -0.855. The summed E-state index contributed by atoms with van der Waals surface area (Å²) < 4.78 is 23.8. The van der Waals surface area contributed by atoms with Gasteiger partial charge in [-0.05, 0) is 68.0 Å². The van der Waals surface area contributed by atoms with Gasteiger partial charge in [0, 0.05) is 25.1 Å². The highest BCUT2D eigenvalue weighted by Crippen LogP contribution is 2.36. The van der Waals surface area contributed by atoms with Crippen LogP contribution in [0.2, 0.25) is 0 Å². The Labute approximate surface area is 251 Å². The third kappa shape index (κ3) is 8.01. The number of hydrogen-bond acceptors (Lipinski definition) is 11. The standard InChI is InChI=1S/C30H56N2O10/c1-12-21-30(8,39-11)24(35)19(6)26(36)31-15(2)14-29(7,38)25(17(4)22(33)18(5)27(37)41-21)42-28-23(34)20(32(9)10)13-16(3)40-28/h15-25,28,33-35,38H,12-14H2,1-11H3,(H,31,36)/t15-,16-,17+,18-,19-,20+,21-,22+,23-,24-,25-,28+,29-,30-/m1/s1. The molecule has 12 nitrogen and oxygen atoms in total. The maximum absolute atomic E-state index is 13.4. The molecular formula is C30H56N2O10. The van der Waals surface area contributed by atoms with Crippen LogP contribution < -0.4 is 5.32 Å². The Hall–Kier alpha value is -1.38. The molecule has 0 unspecified atom stereocenters. The molecule has 0 aromatic rings. The molecule has 12 heteroatoms. The Kier molecular flexibility index (Phi) is 12.8. The molecule has 0 aromatic heterocycles. The van der Waals surface area contributed by atoms with Gasteiger partial charge in [0.1, 0.15) is 17.8 Å². The van der Waals surface area contributed by atoms with E-state index in [1.165, 1.54) is 21.0 Å². The van der Waals surface area contributed by atoms with Crippen molar-refractivity contribution in [2.75, 3.05) is 21.2 Å². The van der Waals surface area contributed by atoms with E-state index in [2.05, 4.69) is 5.32 Å². The van der Waals surface area contributed by atoms with Crippen LogP contribution in [0.4, 0.5) is 0 Å². The van der Waals surface area contributed by atoms with Gasteiger partial charge in [0.25, 0.3) is 0 Å². The van der Waals surface area contributed by atoms with E-state index in [9.17, 15) is 30.0 Å². The molecule has 42 heavy (non-hydrogen) atoms. The minimum Gasteiger partial charge on any atom is -0.459 e. The number of hydrogen-bond donors (Lipinski definition) is 5. The van der Waals surface area contributed by atoms with Crippen LogP contribution in [0.3, 0.4) is 0 Å². The quantitative estimate of drug-likeness (QED) is 0.282. The average Bonchev–Trinajstić information content (AvgIpc) is 2.92. The third-order valence-electron chi connectivity index (χ3n) is 9.36. The molecule has 2 rings (SSSR count). The summed E-state index contributed by atoms with van der Waals surface area (Å²) in [7, 11) is 5.08. The number of aliphatic hydroxyl groups is 4.